The van der Waals surface area contributed by atoms with Gasteiger partial charge < -0.3 is 14.7 Å². The Labute approximate surface area is 209 Å². The van der Waals surface area contributed by atoms with E-state index >= 15 is 0 Å². The van der Waals surface area contributed by atoms with Gasteiger partial charge in [-0.1, -0.05) is 30.7 Å². The lowest BCUT2D eigenvalue weighted by molar-refractivity contribution is 0.00669. The third-order valence-corrected chi connectivity index (χ3v) is 6.53. The number of aromatic nitrogens is 1. The molecule has 1 saturated heterocycles. The van der Waals surface area contributed by atoms with Crippen LogP contribution in [0.15, 0.2) is 60.8 Å². The van der Waals surface area contributed by atoms with Crippen LogP contribution in [0.25, 0.3) is 0 Å². The zero-order chi connectivity index (χ0) is 25.0. The van der Waals surface area contributed by atoms with Crippen LogP contribution < -0.4 is 9.64 Å². The van der Waals surface area contributed by atoms with Gasteiger partial charge in [0.25, 0.3) is 0 Å². The van der Waals surface area contributed by atoms with Gasteiger partial charge in [-0.05, 0) is 55.3 Å². The van der Waals surface area contributed by atoms with E-state index in [2.05, 4.69) is 14.8 Å². The molecule has 0 unspecified atom stereocenters. The molecule has 0 bridgehead atoms. The van der Waals surface area contributed by atoms with E-state index < -0.39 is 11.4 Å². The number of benzene rings is 2. The van der Waals surface area contributed by atoms with Crippen LogP contribution in [-0.2, 0) is 5.60 Å². The molecule has 1 aliphatic heterocycles. The van der Waals surface area contributed by atoms with Crippen LogP contribution in [0.3, 0.4) is 0 Å². The van der Waals surface area contributed by atoms with Crippen LogP contribution in [0.2, 0.25) is 5.02 Å². The Morgan fingerprint density at radius 1 is 1.09 bits per heavy atom. The molecule has 0 saturated carbocycles. The summed E-state index contributed by atoms with van der Waals surface area (Å²) in [6.07, 6.45) is 2.02. The highest BCUT2D eigenvalue weighted by Gasteiger charge is 2.34. The lowest BCUT2D eigenvalue weighted by Crippen LogP contribution is -2.52. The van der Waals surface area contributed by atoms with Crippen molar-refractivity contribution in [3.63, 3.8) is 0 Å². The molecule has 1 N–H and O–H groups in total. The van der Waals surface area contributed by atoms with Gasteiger partial charge in [0.05, 0.1) is 35.2 Å². The SMILES string of the molecule is CCCOc1ccc(N2CCN(C[C@@](C)(O)c3ccc(F)cn3)C[C@H]2c2ccc(F)cc2)c(Cl)c1. The van der Waals surface area contributed by atoms with E-state index in [-0.39, 0.29) is 11.9 Å². The molecule has 0 amide bonds. The normalized spacial score (nSPS) is 18.3. The van der Waals surface area contributed by atoms with Crippen molar-refractivity contribution in [2.75, 3.05) is 37.7 Å². The molecule has 2 aromatic carbocycles. The largest absolute Gasteiger partial charge is 0.494 e. The summed E-state index contributed by atoms with van der Waals surface area (Å²) in [6.45, 7) is 6.55. The standard InChI is InChI=1S/C27H30ClF2N3O2/c1-3-14-35-22-9-10-24(23(28)15-22)33-13-12-32(17-25(33)19-4-6-20(29)7-5-19)18-27(2,34)26-11-8-21(30)16-31-26/h4-11,15-16,25,34H,3,12-14,17-18H2,1-2H3/t25-,27+/m0/s1. The summed E-state index contributed by atoms with van der Waals surface area (Å²) in [4.78, 5) is 8.42. The van der Waals surface area contributed by atoms with Crippen LogP contribution in [0.1, 0.15) is 37.6 Å². The molecule has 1 aliphatic rings. The van der Waals surface area contributed by atoms with Gasteiger partial charge in [0.1, 0.15) is 23.0 Å². The van der Waals surface area contributed by atoms with Crippen LogP contribution in [0, 0.1) is 11.6 Å². The van der Waals surface area contributed by atoms with E-state index in [9.17, 15) is 13.9 Å². The summed E-state index contributed by atoms with van der Waals surface area (Å²) >= 11 is 6.68. The van der Waals surface area contributed by atoms with Crippen LogP contribution in [0.5, 0.6) is 5.75 Å². The molecule has 0 aliphatic carbocycles. The minimum Gasteiger partial charge on any atom is -0.494 e. The summed E-state index contributed by atoms with van der Waals surface area (Å²) in [5, 5.41) is 11.7. The van der Waals surface area contributed by atoms with E-state index in [0.29, 0.717) is 43.5 Å². The number of rotatable bonds is 8. The number of pyridine rings is 1. The first-order chi connectivity index (χ1) is 16.8. The highest BCUT2D eigenvalue weighted by atomic mass is 35.5. The van der Waals surface area contributed by atoms with Gasteiger partial charge in [0.2, 0.25) is 0 Å². The fraction of sp³-hybridized carbons (Fsp3) is 0.370. The van der Waals surface area contributed by atoms with E-state index in [1.165, 1.54) is 24.3 Å². The molecule has 2 atom stereocenters. The van der Waals surface area contributed by atoms with Gasteiger partial charge in [-0.2, -0.15) is 0 Å². The first-order valence-electron chi connectivity index (χ1n) is 11.8. The van der Waals surface area contributed by atoms with Crippen molar-refractivity contribution in [3.8, 4) is 5.75 Å². The second kappa shape index (κ2) is 10.9. The maximum atomic E-state index is 13.7. The third-order valence-electron chi connectivity index (χ3n) is 6.23. The maximum Gasteiger partial charge on any atom is 0.141 e. The van der Waals surface area contributed by atoms with Crippen LogP contribution >= 0.6 is 11.6 Å². The van der Waals surface area contributed by atoms with Crippen LogP contribution in [-0.4, -0.2) is 47.8 Å². The molecule has 0 spiro atoms. The average molecular weight is 502 g/mol. The lowest BCUT2D eigenvalue weighted by Gasteiger charge is -2.45. The van der Waals surface area contributed by atoms with Gasteiger partial charge in [0.15, 0.2) is 0 Å². The number of piperazine rings is 1. The fourth-order valence-electron chi connectivity index (χ4n) is 4.48. The zero-order valence-corrected chi connectivity index (χ0v) is 20.7. The summed E-state index contributed by atoms with van der Waals surface area (Å²) in [7, 11) is 0. The molecule has 1 fully saturated rings. The second-order valence-corrected chi connectivity index (χ2v) is 9.50. The highest BCUT2D eigenvalue weighted by Crippen LogP contribution is 2.37. The molecule has 2 heterocycles. The minimum absolute atomic E-state index is 0.124. The topological polar surface area (TPSA) is 48.8 Å². The number of β-amino-alcohol motifs (C(OH)–C–C–N with tert-alkyl or cyclic N) is 1. The molecule has 1 aromatic heterocycles. The molecule has 0 radical (unpaired) electrons. The average Bonchev–Trinajstić information content (AvgIpc) is 2.83. The van der Waals surface area contributed by atoms with Crippen molar-refractivity contribution in [2.45, 2.75) is 31.9 Å². The van der Waals surface area contributed by atoms with Crippen molar-refractivity contribution in [1.82, 2.24) is 9.88 Å². The van der Waals surface area contributed by atoms with Gasteiger partial charge in [0, 0.05) is 32.2 Å². The molecule has 5 nitrogen and oxygen atoms in total. The molecule has 186 valence electrons. The number of anilines is 1. The Balaban J connectivity index is 1.58. The van der Waals surface area contributed by atoms with Crippen molar-refractivity contribution >= 4 is 17.3 Å². The predicted molar refractivity (Wildman–Crippen MR) is 134 cm³/mol. The molecule has 35 heavy (non-hydrogen) atoms. The Morgan fingerprint density at radius 3 is 2.49 bits per heavy atom. The molecular formula is C27H30ClF2N3O2. The summed E-state index contributed by atoms with van der Waals surface area (Å²) in [6, 6.07) is 14.8. The predicted octanol–water partition coefficient (Wildman–Crippen LogP) is 5.57. The number of hydrogen-bond donors (Lipinski definition) is 1. The Morgan fingerprint density at radius 2 is 1.83 bits per heavy atom. The molecule has 3 aromatic rings. The lowest BCUT2D eigenvalue weighted by atomic mass is 9.97. The summed E-state index contributed by atoms with van der Waals surface area (Å²) in [5.41, 5.74) is 0.957. The minimum atomic E-state index is -1.26. The summed E-state index contributed by atoms with van der Waals surface area (Å²) in [5.74, 6) is -0.0216. The second-order valence-electron chi connectivity index (χ2n) is 9.09. The van der Waals surface area contributed by atoms with Gasteiger partial charge >= 0.3 is 0 Å². The first kappa shape index (κ1) is 25.4. The summed E-state index contributed by atoms with van der Waals surface area (Å²) < 4.78 is 32.7. The number of nitrogens with zero attached hydrogens (tertiary/aromatic N) is 3. The van der Waals surface area contributed by atoms with E-state index in [1.807, 2.05) is 25.1 Å². The van der Waals surface area contributed by atoms with Crippen molar-refractivity contribution in [3.05, 3.63) is 88.7 Å². The Hall–Kier alpha value is -2.74. The van der Waals surface area contributed by atoms with Crippen molar-refractivity contribution in [2.24, 2.45) is 0 Å². The third kappa shape index (κ3) is 6.10. The zero-order valence-electron chi connectivity index (χ0n) is 19.9. The van der Waals surface area contributed by atoms with Crippen molar-refractivity contribution < 1.29 is 18.6 Å². The monoisotopic (exact) mass is 501 g/mol. The Kier molecular flexibility index (Phi) is 7.89. The van der Waals surface area contributed by atoms with Gasteiger partial charge in [-0.3, -0.25) is 9.88 Å². The van der Waals surface area contributed by atoms with E-state index in [1.54, 1.807) is 19.1 Å². The Bertz CT molecular complexity index is 1130. The molecule has 8 heteroatoms. The van der Waals surface area contributed by atoms with Gasteiger partial charge in [-0.15, -0.1) is 0 Å². The highest BCUT2D eigenvalue weighted by molar-refractivity contribution is 6.33. The number of ether oxygens (including phenoxy) is 1. The van der Waals surface area contributed by atoms with Crippen LogP contribution in [0.4, 0.5) is 14.5 Å². The number of aliphatic hydroxyl groups is 1. The first-order valence-corrected chi connectivity index (χ1v) is 12.2. The fourth-order valence-corrected chi connectivity index (χ4v) is 4.76. The maximum absolute atomic E-state index is 13.7. The quantitative estimate of drug-likeness (QED) is 0.437. The van der Waals surface area contributed by atoms with E-state index in [0.717, 1.165) is 29.6 Å². The van der Waals surface area contributed by atoms with E-state index in [4.69, 9.17) is 16.3 Å². The number of hydrogen-bond acceptors (Lipinski definition) is 5. The molecule has 4 rings (SSSR count). The van der Waals surface area contributed by atoms with Crippen molar-refractivity contribution in [1.29, 1.82) is 0 Å². The smallest absolute Gasteiger partial charge is 0.141 e. The van der Waals surface area contributed by atoms with Gasteiger partial charge in [-0.25, -0.2) is 8.78 Å². The molecular weight excluding hydrogens is 472 g/mol. The number of halogens is 3.